The largest absolute Gasteiger partial charge is 1.00 e. The summed E-state index contributed by atoms with van der Waals surface area (Å²) < 4.78 is 0. The average Bonchev–Trinajstić information content (AvgIpc) is 2.55. The molecule has 0 aliphatic rings. The second-order valence-electron chi connectivity index (χ2n) is 5.95. The maximum atomic E-state index is 10.8. The molecule has 0 aromatic heterocycles. The number of benzene rings is 2. The summed E-state index contributed by atoms with van der Waals surface area (Å²) in [6.07, 6.45) is 0. The second kappa shape index (κ2) is 15.4. The van der Waals surface area contributed by atoms with Crippen LogP contribution in [0.15, 0.2) is 48.5 Å². The van der Waals surface area contributed by atoms with Crippen LogP contribution in [0.1, 0.15) is 50.9 Å². The molecule has 148 valence electrons. The average molecular weight is 451 g/mol. The molecule has 0 aliphatic carbocycles. The van der Waals surface area contributed by atoms with Crippen LogP contribution in [0.5, 0.6) is 0 Å². The zero-order chi connectivity index (χ0) is 19.7. The van der Waals surface area contributed by atoms with Crippen molar-refractivity contribution in [1.29, 1.82) is 0 Å². The molecule has 3 N–H and O–H groups in total. The van der Waals surface area contributed by atoms with Crippen LogP contribution in [0.4, 0.5) is 0 Å². The van der Waals surface area contributed by atoms with E-state index in [-0.39, 0.29) is 80.8 Å². The number of hydrogen-bond donors (Lipinski definition) is 2. The molecule has 0 aliphatic heterocycles. The SMILES string of the molecule is CC(=O)NC(C)c1ccc(Cl)cc1.CC(=O)N[C@@H](C)c1ccc(Cl)cc1.[K+].[OH-]. The van der Waals surface area contributed by atoms with E-state index in [9.17, 15) is 9.59 Å². The minimum absolute atomic E-state index is 0. The fourth-order valence-corrected chi connectivity index (χ4v) is 2.53. The topological polar surface area (TPSA) is 88.2 Å². The molecular weight excluding hydrogens is 426 g/mol. The summed E-state index contributed by atoms with van der Waals surface area (Å²) >= 11 is 11.5. The van der Waals surface area contributed by atoms with Crippen molar-refractivity contribution in [3.05, 3.63) is 69.7 Å². The first-order valence-electron chi connectivity index (χ1n) is 8.24. The third kappa shape index (κ3) is 12.2. The van der Waals surface area contributed by atoms with Crippen molar-refractivity contribution in [2.75, 3.05) is 0 Å². The Labute approximate surface area is 219 Å². The fraction of sp³-hybridized carbons (Fsp3) is 0.300. The third-order valence-corrected chi connectivity index (χ3v) is 4.08. The fourth-order valence-electron chi connectivity index (χ4n) is 2.28. The van der Waals surface area contributed by atoms with Gasteiger partial charge in [0.25, 0.3) is 0 Å². The van der Waals surface area contributed by atoms with E-state index in [1.807, 2.05) is 62.4 Å². The molecule has 5 nitrogen and oxygen atoms in total. The normalized spacial score (nSPS) is 11.4. The van der Waals surface area contributed by atoms with Gasteiger partial charge >= 0.3 is 51.4 Å². The Bertz CT molecular complexity index is 662. The van der Waals surface area contributed by atoms with Crippen molar-refractivity contribution in [2.24, 2.45) is 0 Å². The Morgan fingerprint density at radius 3 is 1.18 bits per heavy atom. The molecule has 0 bridgehead atoms. The zero-order valence-corrected chi connectivity index (χ0v) is 21.4. The van der Waals surface area contributed by atoms with E-state index in [1.165, 1.54) is 13.8 Å². The number of nitrogens with one attached hydrogen (secondary N) is 2. The van der Waals surface area contributed by atoms with Crippen molar-refractivity contribution >= 4 is 35.0 Å². The number of carbonyl (C=O) groups excluding carboxylic acids is 2. The minimum atomic E-state index is -0.0255. The standard InChI is InChI=1S/2C10H12ClNO.K.H2O/c2*1-7(12-8(2)13)9-3-5-10(11)6-4-9;;/h2*3-7H,1-2H3,(H,12,13);;1H2/q;;+1;/p-1/t7-;;;/m0.../s1. The van der Waals surface area contributed by atoms with Crippen LogP contribution in [0.3, 0.4) is 0 Å². The molecule has 2 aromatic carbocycles. The van der Waals surface area contributed by atoms with Crippen LogP contribution >= 0.6 is 23.2 Å². The third-order valence-electron chi connectivity index (χ3n) is 3.58. The number of amides is 2. The van der Waals surface area contributed by atoms with Gasteiger partial charge in [0.2, 0.25) is 11.8 Å². The zero-order valence-electron chi connectivity index (χ0n) is 16.8. The number of halogens is 2. The summed E-state index contributed by atoms with van der Waals surface area (Å²) in [6, 6.07) is 15.0. The Hall–Kier alpha value is -0.444. The number of hydrogen-bond acceptors (Lipinski definition) is 3. The summed E-state index contributed by atoms with van der Waals surface area (Å²) in [6.45, 7) is 6.88. The Morgan fingerprint density at radius 2 is 0.964 bits per heavy atom. The Kier molecular flexibility index (Phi) is 16.4. The van der Waals surface area contributed by atoms with Gasteiger partial charge in [-0.25, -0.2) is 0 Å². The molecular formula is C20H25Cl2KN2O3. The van der Waals surface area contributed by atoms with Crippen LogP contribution in [0.25, 0.3) is 0 Å². The van der Waals surface area contributed by atoms with Gasteiger partial charge < -0.3 is 16.1 Å². The van der Waals surface area contributed by atoms with Crippen LogP contribution in [0.2, 0.25) is 10.0 Å². The molecule has 28 heavy (non-hydrogen) atoms. The number of carbonyl (C=O) groups is 2. The summed E-state index contributed by atoms with van der Waals surface area (Å²) in [5.74, 6) is -0.0510. The van der Waals surface area contributed by atoms with Gasteiger partial charge in [-0.1, -0.05) is 47.5 Å². The van der Waals surface area contributed by atoms with E-state index < -0.39 is 0 Å². The smallest absolute Gasteiger partial charge is 0.870 e. The van der Waals surface area contributed by atoms with Gasteiger partial charge in [-0.15, -0.1) is 0 Å². The van der Waals surface area contributed by atoms with Crippen molar-refractivity contribution in [3.63, 3.8) is 0 Å². The molecule has 8 heteroatoms. The minimum Gasteiger partial charge on any atom is -0.870 e. The quantitative estimate of drug-likeness (QED) is 0.697. The number of rotatable bonds is 4. The van der Waals surface area contributed by atoms with E-state index in [0.29, 0.717) is 10.0 Å². The first-order chi connectivity index (χ1) is 12.2. The van der Waals surface area contributed by atoms with Crippen molar-refractivity contribution < 1.29 is 66.4 Å². The Morgan fingerprint density at radius 1 is 0.714 bits per heavy atom. The van der Waals surface area contributed by atoms with E-state index in [4.69, 9.17) is 23.2 Å². The summed E-state index contributed by atoms with van der Waals surface area (Å²) in [5.41, 5.74) is 2.11. The first-order valence-corrected chi connectivity index (χ1v) is 8.99. The van der Waals surface area contributed by atoms with Crippen LogP contribution in [0, 0.1) is 0 Å². The van der Waals surface area contributed by atoms with Gasteiger partial charge in [0.1, 0.15) is 0 Å². The van der Waals surface area contributed by atoms with Crippen molar-refractivity contribution in [3.8, 4) is 0 Å². The van der Waals surface area contributed by atoms with E-state index >= 15 is 0 Å². The predicted octanol–water partition coefficient (Wildman–Crippen LogP) is 1.90. The van der Waals surface area contributed by atoms with Crippen LogP contribution in [-0.2, 0) is 9.59 Å². The maximum Gasteiger partial charge on any atom is 1.00 e. The molecule has 0 fully saturated rings. The summed E-state index contributed by atoms with van der Waals surface area (Å²) in [5, 5.41) is 7.01. The van der Waals surface area contributed by atoms with Gasteiger partial charge in [0.15, 0.2) is 0 Å². The van der Waals surface area contributed by atoms with Crippen molar-refractivity contribution in [2.45, 2.75) is 39.8 Å². The summed E-state index contributed by atoms with van der Waals surface area (Å²) in [4.78, 5) is 21.5. The van der Waals surface area contributed by atoms with Crippen molar-refractivity contribution in [1.82, 2.24) is 10.6 Å². The molecule has 0 saturated heterocycles. The predicted molar refractivity (Wildman–Crippen MR) is 109 cm³/mol. The second-order valence-corrected chi connectivity index (χ2v) is 6.82. The van der Waals surface area contributed by atoms with E-state index in [0.717, 1.165) is 11.1 Å². The van der Waals surface area contributed by atoms with Gasteiger partial charge in [0.05, 0.1) is 12.1 Å². The summed E-state index contributed by atoms with van der Waals surface area (Å²) in [7, 11) is 0. The molecule has 0 radical (unpaired) electrons. The molecule has 2 rings (SSSR count). The monoisotopic (exact) mass is 450 g/mol. The van der Waals surface area contributed by atoms with E-state index in [2.05, 4.69) is 10.6 Å². The molecule has 1 unspecified atom stereocenters. The first kappa shape index (κ1) is 29.8. The van der Waals surface area contributed by atoms with Gasteiger partial charge in [-0.3, -0.25) is 9.59 Å². The molecule has 2 aromatic rings. The molecule has 0 spiro atoms. The van der Waals surface area contributed by atoms with Crippen LogP contribution < -0.4 is 62.0 Å². The molecule has 2 amide bonds. The molecule has 0 saturated carbocycles. The van der Waals surface area contributed by atoms with E-state index in [1.54, 1.807) is 0 Å². The van der Waals surface area contributed by atoms with Gasteiger partial charge in [-0.05, 0) is 49.2 Å². The van der Waals surface area contributed by atoms with Gasteiger partial charge in [-0.2, -0.15) is 0 Å². The van der Waals surface area contributed by atoms with Crippen LogP contribution in [-0.4, -0.2) is 17.3 Å². The Balaban J connectivity index is 0. The molecule has 2 atom stereocenters. The maximum absolute atomic E-state index is 10.8. The molecule has 0 heterocycles. The van der Waals surface area contributed by atoms with Gasteiger partial charge in [0, 0.05) is 23.9 Å².